The highest BCUT2D eigenvalue weighted by molar-refractivity contribution is 5.76. The Morgan fingerprint density at radius 1 is 1.00 bits per heavy atom. The van der Waals surface area contributed by atoms with E-state index in [4.69, 9.17) is 13.9 Å². The van der Waals surface area contributed by atoms with Crippen molar-refractivity contribution in [3.8, 4) is 40.1 Å². The largest absolute Gasteiger partial charge is 0.573 e. The second kappa shape index (κ2) is 12.5. The predicted molar refractivity (Wildman–Crippen MR) is 146 cm³/mol. The van der Waals surface area contributed by atoms with Gasteiger partial charge in [-0.25, -0.2) is 15.0 Å². The Labute approximate surface area is 240 Å². The number of hydrogen-bond acceptors (Lipinski definition) is 8. The zero-order chi connectivity index (χ0) is 30.6. The molecular weight excluding hydrogens is 555 g/mol. The van der Waals surface area contributed by atoms with E-state index >= 15 is 0 Å². The number of hydrogen-bond donors (Lipinski definition) is 1. The molecule has 2 aromatic heterocycles. The number of aromatic nitrogens is 3. The molecule has 0 bridgehead atoms. The molecular formula is C30H30F3N3O6. The number of ether oxygens (including phenoxy) is 3. The Morgan fingerprint density at radius 2 is 1.67 bits per heavy atom. The lowest BCUT2D eigenvalue weighted by Crippen LogP contribution is -2.16. The summed E-state index contributed by atoms with van der Waals surface area (Å²) in [6, 6.07) is 9.14. The highest BCUT2D eigenvalue weighted by Crippen LogP contribution is 2.35. The lowest BCUT2D eigenvalue weighted by molar-refractivity contribution is -0.274. The molecule has 1 N–H and O–H groups in total. The summed E-state index contributed by atoms with van der Waals surface area (Å²) in [4.78, 5) is 24.3. The van der Waals surface area contributed by atoms with E-state index in [1.54, 1.807) is 6.92 Å². The molecule has 0 saturated carbocycles. The third-order valence-electron chi connectivity index (χ3n) is 6.20. The van der Waals surface area contributed by atoms with Crippen molar-refractivity contribution in [2.45, 2.75) is 60.1 Å². The average Bonchev–Trinajstić information content (AvgIpc) is 3.33. The van der Waals surface area contributed by atoms with Gasteiger partial charge in [0.1, 0.15) is 17.2 Å². The second-order valence-electron chi connectivity index (χ2n) is 10.1. The van der Waals surface area contributed by atoms with Crippen molar-refractivity contribution in [2.24, 2.45) is 5.92 Å². The van der Waals surface area contributed by atoms with Gasteiger partial charge in [0.15, 0.2) is 12.4 Å². The molecule has 0 saturated heterocycles. The zero-order valence-corrected chi connectivity index (χ0v) is 23.7. The third-order valence-corrected chi connectivity index (χ3v) is 6.20. The van der Waals surface area contributed by atoms with Gasteiger partial charge >= 0.3 is 18.3 Å². The van der Waals surface area contributed by atoms with Gasteiger partial charge in [-0.3, -0.25) is 4.79 Å². The first-order valence-electron chi connectivity index (χ1n) is 13.1. The van der Waals surface area contributed by atoms with Crippen molar-refractivity contribution in [1.82, 2.24) is 15.0 Å². The molecule has 1 atom stereocenters. The van der Waals surface area contributed by atoms with Crippen molar-refractivity contribution in [3.05, 3.63) is 71.4 Å². The van der Waals surface area contributed by atoms with Crippen molar-refractivity contribution in [1.29, 1.82) is 0 Å². The molecule has 0 spiro atoms. The monoisotopic (exact) mass is 585 g/mol. The van der Waals surface area contributed by atoms with Crippen LogP contribution >= 0.6 is 0 Å². The van der Waals surface area contributed by atoms with E-state index in [1.165, 1.54) is 36.7 Å². The number of aliphatic carboxylic acids is 1. The van der Waals surface area contributed by atoms with Crippen LogP contribution in [0.1, 0.15) is 43.4 Å². The highest BCUT2D eigenvalue weighted by atomic mass is 19.4. The molecule has 2 aromatic carbocycles. The number of aryl methyl sites for hydroxylation is 2. The van der Waals surface area contributed by atoms with E-state index in [0.29, 0.717) is 29.0 Å². The van der Waals surface area contributed by atoms with Crippen LogP contribution in [-0.2, 0) is 17.8 Å². The quantitative estimate of drug-likeness (QED) is 0.200. The van der Waals surface area contributed by atoms with E-state index in [2.05, 4.69) is 19.7 Å². The summed E-state index contributed by atoms with van der Waals surface area (Å²) in [6.07, 6.45) is -1.51. The number of alkyl halides is 3. The van der Waals surface area contributed by atoms with E-state index in [1.807, 2.05) is 39.8 Å². The van der Waals surface area contributed by atoms with E-state index in [0.717, 1.165) is 16.7 Å². The molecule has 0 amide bonds. The summed E-state index contributed by atoms with van der Waals surface area (Å²) in [6.45, 7) is 9.04. The van der Waals surface area contributed by atoms with Crippen LogP contribution < -0.4 is 14.2 Å². The van der Waals surface area contributed by atoms with Crippen LogP contribution in [0.15, 0.2) is 53.2 Å². The normalized spacial score (nSPS) is 12.3. The number of benzene rings is 2. The number of carbonyl (C=O) groups is 1. The summed E-state index contributed by atoms with van der Waals surface area (Å²) >= 11 is 0. The van der Waals surface area contributed by atoms with Crippen LogP contribution in [0.4, 0.5) is 13.2 Å². The molecule has 0 aliphatic carbocycles. The van der Waals surface area contributed by atoms with E-state index < -0.39 is 18.2 Å². The molecule has 2 heterocycles. The van der Waals surface area contributed by atoms with E-state index in [-0.39, 0.29) is 36.1 Å². The summed E-state index contributed by atoms with van der Waals surface area (Å²) in [5.41, 5.74) is 3.92. The molecule has 1 unspecified atom stereocenters. The fraction of sp³-hybridized carbons (Fsp3) is 0.333. The van der Waals surface area contributed by atoms with Crippen molar-refractivity contribution < 1.29 is 41.7 Å². The van der Waals surface area contributed by atoms with Gasteiger partial charge in [0.25, 0.3) is 0 Å². The maximum absolute atomic E-state index is 12.6. The molecule has 42 heavy (non-hydrogen) atoms. The molecule has 4 rings (SSSR count). The maximum atomic E-state index is 12.6. The summed E-state index contributed by atoms with van der Waals surface area (Å²) in [5.74, 6) is -0.701. The number of oxazole rings is 1. The summed E-state index contributed by atoms with van der Waals surface area (Å²) in [5, 5.41) is 9.26. The lowest BCUT2D eigenvalue weighted by atomic mass is 9.95. The Morgan fingerprint density at radius 3 is 2.26 bits per heavy atom. The number of halogens is 3. The minimum atomic E-state index is -4.82. The Kier molecular flexibility index (Phi) is 9.03. The fourth-order valence-electron chi connectivity index (χ4n) is 4.12. The highest BCUT2D eigenvalue weighted by Gasteiger charge is 2.31. The number of carboxylic acid groups (broad SMARTS) is 1. The maximum Gasteiger partial charge on any atom is 0.573 e. The molecule has 222 valence electrons. The zero-order valence-electron chi connectivity index (χ0n) is 23.7. The standard InChI is InChI=1S/C30H30F3N3O6/c1-16(2)40-29-34-13-22(14-35-29)26-27(20-6-8-23(9-7-20)42-30(31,32)33)41-25(36-26)15-39-24-12-17(3)21(10-18(24)4)11-19(5)28(37)38/h6-10,12-14,16,19H,11,15H2,1-5H3,(H,37,38). The van der Waals surface area contributed by atoms with Crippen molar-refractivity contribution >= 4 is 5.97 Å². The third kappa shape index (κ3) is 7.77. The Bertz CT molecular complexity index is 1530. The lowest BCUT2D eigenvalue weighted by Gasteiger charge is -2.14. The van der Waals surface area contributed by atoms with Gasteiger partial charge < -0.3 is 23.7 Å². The first kappa shape index (κ1) is 30.4. The molecule has 0 fully saturated rings. The van der Waals surface area contributed by atoms with Crippen molar-refractivity contribution in [2.75, 3.05) is 0 Å². The summed E-state index contributed by atoms with van der Waals surface area (Å²) < 4.78 is 59.5. The van der Waals surface area contributed by atoms with Crippen LogP contribution in [0, 0.1) is 19.8 Å². The van der Waals surface area contributed by atoms with Crippen LogP contribution in [0.25, 0.3) is 22.6 Å². The second-order valence-corrected chi connectivity index (χ2v) is 10.1. The molecule has 0 aliphatic heterocycles. The molecule has 0 radical (unpaired) electrons. The van der Waals surface area contributed by atoms with E-state index in [9.17, 15) is 23.1 Å². The van der Waals surface area contributed by atoms with Crippen LogP contribution in [0.5, 0.6) is 17.5 Å². The van der Waals surface area contributed by atoms with Gasteiger partial charge in [0.05, 0.1) is 12.0 Å². The molecule has 9 nitrogen and oxygen atoms in total. The van der Waals surface area contributed by atoms with Gasteiger partial charge in [-0.2, -0.15) is 0 Å². The first-order chi connectivity index (χ1) is 19.8. The van der Waals surface area contributed by atoms with Crippen molar-refractivity contribution in [3.63, 3.8) is 0 Å². The Balaban J connectivity index is 1.62. The number of nitrogens with zero attached hydrogens (tertiary/aromatic N) is 3. The van der Waals surface area contributed by atoms with Crippen LogP contribution in [0.2, 0.25) is 0 Å². The Hall–Kier alpha value is -4.61. The topological polar surface area (TPSA) is 117 Å². The van der Waals surface area contributed by atoms with Crippen LogP contribution in [0.3, 0.4) is 0 Å². The van der Waals surface area contributed by atoms with Gasteiger partial charge in [-0.15, -0.1) is 13.2 Å². The number of rotatable bonds is 11. The van der Waals surface area contributed by atoms with Gasteiger partial charge in [0, 0.05) is 23.5 Å². The smallest absolute Gasteiger partial charge is 0.484 e. The summed E-state index contributed by atoms with van der Waals surface area (Å²) in [7, 11) is 0. The number of carboxylic acids is 1. The average molecular weight is 586 g/mol. The van der Waals surface area contributed by atoms with Gasteiger partial charge in [-0.05, 0) is 81.1 Å². The first-order valence-corrected chi connectivity index (χ1v) is 13.1. The van der Waals surface area contributed by atoms with Gasteiger partial charge in [-0.1, -0.05) is 13.0 Å². The van der Waals surface area contributed by atoms with Gasteiger partial charge in [0.2, 0.25) is 5.89 Å². The fourth-order valence-corrected chi connectivity index (χ4v) is 4.12. The minimum absolute atomic E-state index is 0.0528. The minimum Gasteiger partial charge on any atom is -0.484 e. The molecule has 0 aliphatic rings. The van der Waals surface area contributed by atoms with Crippen LogP contribution in [-0.4, -0.2) is 38.5 Å². The molecule has 4 aromatic rings. The SMILES string of the molecule is Cc1cc(OCc2nc(-c3cnc(OC(C)C)nc3)c(-c3ccc(OC(F)(F)F)cc3)o2)c(C)cc1CC(C)C(=O)O. The molecule has 12 heteroatoms. The predicted octanol–water partition coefficient (Wildman–Crippen LogP) is 6.94.